The Morgan fingerprint density at radius 3 is 2.41 bits per heavy atom. The van der Waals surface area contributed by atoms with Gasteiger partial charge in [-0.1, -0.05) is 49.6 Å². The van der Waals surface area contributed by atoms with Crippen LogP contribution < -0.4 is 0 Å². The van der Waals surface area contributed by atoms with Crippen molar-refractivity contribution >= 4 is 5.71 Å². The van der Waals surface area contributed by atoms with Crippen LogP contribution in [0, 0.1) is 5.92 Å². The summed E-state index contributed by atoms with van der Waals surface area (Å²) in [4.78, 5) is 4.89. The largest absolute Gasteiger partial charge is 0.286 e. The van der Waals surface area contributed by atoms with Crippen molar-refractivity contribution in [3.8, 4) is 0 Å². The molecule has 1 heteroatoms. The molecule has 0 bridgehead atoms. The molecule has 0 saturated heterocycles. The summed E-state index contributed by atoms with van der Waals surface area (Å²) in [6, 6.07) is 10.9. The van der Waals surface area contributed by atoms with Crippen LogP contribution in [0.25, 0.3) is 0 Å². The van der Waals surface area contributed by atoms with Crippen molar-refractivity contribution in [2.75, 3.05) is 0 Å². The Labute approximate surface area is 105 Å². The van der Waals surface area contributed by atoms with E-state index in [2.05, 4.69) is 44.2 Å². The van der Waals surface area contributed by atoms with Gasteiger partial charge in [-0.05, 0) is 38.2 Å². The molecular weight excluding hydrogens is 206 g/mol. The van der Waals surface area contributed by atoms with Crippen LogP contribution in [-0.2, 0) is 0 Å². The SMILES string of the molecule is CC(=N[C@H](C)c1ccccc1)C1CCCCC1. The summed E-state index contributed by atoms with van der Waals surface area (Å²) in [6.07, 6.45) is 6.88. The Morgan fingerprint density at radius 1 is 1.12 bits per heavy atom. The van der Waals surface area contributed by atoms with E-state index in [0.717, 1.165) is 5.92 Å². The van der Waals surface area contributed by atoms with E-state index in [0.29, 0.717) is 6.04 Å². The van der Waals surface area contributed by atoms with Crippen LogP contribution in [-0.4, -0.2) is 5.71 Å². The zero-order chi connectivity index (χ0) is 12.1. The van der Waals surface area contributed by atoms with E-state index in [-0.39, 0.29) is 0 Å². The summed E-state index contributed by atoms with van der Waals surface area (Å²) in [7, 11) is 0. The topological polar surface area (TPSA) is 12.4 Å². The average molecular weight is 229 g/mol. The Morgan fingerprint density at radius 2 is 1.76 bits per heavy atom. The van der Waals surface area contributed by atoms with Gasteiger partial charge < -0.3 is 0 Å². The smallest absolute Gasteiger partial charge is 0.0720 e. The Hall–Kier alpha value is -1.11. The third-order valence-electron chi connectivity index (χ3n) is 3.88. The summed E-state index contributed by atoms with van der Waals surface area (Å²) in [5.74, 6) is 0.745. The number of benzene rings is 1. The van der Waals surface area contributed by atoms with Gasteiger partial charge in [0.05, 0.1) is 6.04 Å². The first-order valence-corrected chi connectivity index (χ1v) is 6.86. The van der Waals surface area contributed by atoms with Gasteiger partial charge in [-0.15, -0.1) is 0 Å². The van der Waals surface area contributed by atoms with Gasteiger partial charge in [-0.3, -0.25) is 4.99 Å². The molecule has 0 unspecified atom stereocenters. The molecule has 0 spiro atoms. The van der Waals surface area contributed by atoms with E-state index >= 15 is 0 Å². The fourth-order valence-electron chi connectivity index (χ4n) is 2.74. The molecule has 0 aliphatic heterocycles. The van der Waals surface area contributed by atoms with E-state index in [4.69, 9.17) is 4.99 Å². The molecule has 2 rings (SSSR count). The minimum atomic E-state index is 0.304. The van der Waals surface area contributed by atoms with Gasteiger partial charge in [0.25, 0.3) is 0 Å². The monoisotopic (exact) mass is 229 g/mol. The molecule has 1 aromatic rings. The van der Waals surface area contributed by atoms with Crippen molar-refractivity contribution in [1.29, 1.82) is 0 Å². The van der Waals surface area contributed by atoms with E-state index in [1.807, 2.05) is 0 Å². The number of hydrogen-bond donors (Lipinski definition) is 0. The van der Waals surface area contributed by atoms with E-state index in [1.54, 1.807) is 0 Å². The fourth-order valence-corrected chi connectivity index (χ4v) is 2.74. The summed E-state index contributed by atoms with van der Waals surface area (Å²) < 4.78 is 0. The lowest BCUT2D eigenvalue weighted by Crippen LogP contribution is -2.15. The van der Waals surface area contributed by atoms with Gasteiger partial charge in [0, 0.05) is 5.71 Å². The van der Waals surface area contributed by atoms with Crippen LogP contribution in [0.5, 0.6) is 0 Å². The molecule has 1 aliphatic carbocycles. The van der Waals surface area contributed by atoms with Crippen molar-refractivity contribution in [3.63, 3.8) is 0 Å². The molecule has 1 nitrogen and oxygen atoms in total. The molecule has 0 heterocycles. The second-order valence-corrected chi connectivity index (χ2v) is 5.19. The Balaban J connectivity index is 2.02. The Kier molecular flexibility index (Phi) is 4.36. The van der Waals surface area contributed by atoms with Gasteiger partial charge in [-0.25, -0.2) is 0 Å². The Bertz CT molecular complexity index is 360. The van der Waals surface area contributed by atoms with E-state index < -0.39 is 0 Å². The van der Waals surface area contributed by atoms with Gasteiger partial charge in [0.15, 0.2) is 0 Å². The quantitative estimate of drug-likeness (QED) is 0.661. The molecule has 1 fully saturated rings. The first-order chi connectivity index (χ1) is 8.27. The average Bonchev–Trinajstić information content (AvgIpc) is 2.40. The van der Waals surface area contributed by atoms with Crippen LogP contribution in [0.15, 0.2) is 35.3 Å². The summed E-state index contributed by atoms with van der Waals surface area (Å²) >= 11 is 0. The predicted molar refractivity (Wildman–Crippen MR) is 74.5 cm³/mol. The van der Waals surface area contributed by atoms with E-state index in [9.17, 15) is 0 Å². The molecule has 0 radical (unpaired) electrons. The lowest BCUT2D eigenvalue weighted by molar-refractivity contribution is 0.436. The highest BCUT2D eigenvalue weighted by Crippen LogP contribution is 2.26. The lowest BCUT2D eigenvalue weighted by Gasteiger charge is -2.22. The summed E-state index contributed by atoms with van der Waals surface area (Å²) in [5, 5.41) is 0. The second-order valence-electron chi connectivity index (χ2n) is 5.19. The molecule has 1 atom stereocenters. The molecule has 17 heavy (non-hydrogen) atoms. The third kappa shape index (κ3) is 3.42. The fraction of sp³-hybridized carbons (Fsp3) is 0.562. The number of nitrogens with zero attached hydrogens (tertiary/aromatic N) is 1. The van der Waals surface area contributed by atoms with Crippen molar-refractivity contribution in [2.45, 2.75) is 52.0 Å². The first-order valence-electron chi connectivity index (χ1n) is 6.86. The normalized spacial score (nSPS) is 20.2. The zero-order valence-corrected chi connectivity index (χ0v) is 11.0. The minimum absolute atomic E-state index is 0.304. The van der Waals surface area contributed by atoms with Crippen molar-refractivity contribution < 1.29 is 0 Å². The molecule has 0 aromatic heterocycles. The first kappa shape index (κ1) is 12.3. The highest BCUT2D eigenvalue weighted by Gasteiger charge is 2.16. The van der Waals surface area contributed by atoms with Crippen LogP contribution in [0.1, 0.15) is 57.6 Å². The molecule has 92 valence electrons. The number of aliphatic imine (C=N–C) groups is 1. The zero-order valence-electron chi connectivity index (χ0n) is 11.0. The minimum Gasteiger partial charge on any atom is -0.286 e. The second kappa shape index (κ2) is 6.00. The lowest BCUT2D eigenvalue weighted by atomic mass is 9.86. The van der Waals surface area contributed by atoms with Gasteiger partial charge in [-0.2, -0.15) is 0 Å². The molecule has 0 amide bonds. The molecule has 1 saturated carbocycles. The van der Waals surface area contributed by atoms with Crippen LogP contribution in [0.4, 0.5) is 0 Å². The van der Waals surface area contributed by atoms with Crippen LogP contribution in [0.3, 0.4) is 0 Å². The highest BCUT2D eigenvalue weighted by molar-refractivity contribution is 5.84. The van der Waals surface area contributed by atoms with Gasteiger partial charge in [0.2, 0.25) is 0 Å². The van der Waals surface area contributed by atoms with Crippen molar-refractivity contribution in [3.05, 3.63) is 35.9 Å². The molecule has 0 N–H and O–H groups in total. The third-order valence-corrected chi connectivity index (χ3v) is 3.88. The van der Waals surface area contributed by atoms with Gasteiger partial charge >= 0.3 is 0 Å². The highest BCUT2D eigenvalue weighted by atomic mass is 14.8. The molecule has 1 aromatic carbocycles. The standard InChI is InChI=1S/C16H23N/c1-13(15-9-5-3-6-10-15)17-14(2)16-11-7-4-8-12-16/h3,5-6,9-10,13,16H,4,7-8,11-12H2,1-2H3/t13-/m1/s1. The molecular formula is C16H23N. The van der Waals surface area contributed by atoms with Crippen LogP contribution >= 0.6 is 0 Å². The van der Waals surface area contributed by atoms with Crippen molar-refractivity contribution in [1.82, 2.24) is 0 Å². The maximum Gasteiger partial charge on any atom is 0.0720 e. The summed E-state index contributed by atoms with van der Waals surface area (Å²) in [5.41, 5.74) is 2.68. The molecule has 1 aliphatic rings. The summed E-state index contributed by atoms with van der Waals surface area (Å²) in [6.45, 7) is 4.41. The van der Waals surface area contributed by atoms with Gasteiger partial charge in [0.1, 0.15) is 0 Å². The maximum absolute atomic E-state index is 4.89. The van der Waals surface area contributed by atoms with Crippen molar-refractivity contribution in [2.24, 2.45) is 10.9 Å². The van der Waals surface area contributed by atoms with E-state index in [1.165, 1.54) is 43.4 Å². The number of hydrogen-bond acceptors (Lipinski definition) is 1. The number of rotatable bonds is 3. The maximum atomic E-state index is 4.89. The van der Waals surface area contributed by atoms with Crippen LogP contribution in [0.2, 0.25) is 0 Å². The predicted octanol–water partition coefficient (Wildman–Crippen LogP) is 4.79.